The van der Waals surface area contributed by atoms with E-state index < -0.39 is 0 Å². The van der Waals surface area contributed by atoms with E-state index in [1.165, 1.54) is 10.2 Å². The van der Waals surface area contributed by atoms with Crippen LogP contribution in [0.2, 0.25) is 5.02 Å². The fourth-order valence-corrected chi connectivity index (χ4v) is 3.67. The second-order valence-electron chi connectivity index (χ2n) is 7.08. The van der Waals surface area contributed by atoms with Crippen LogP contribution in [0.5, 0.6) is 11.5 Å². The lowest BCUT2D eigenvalue weighted by Gasteiger charge is -2.08. The van der Waals surface area contributed by atoms with E-state index in [2.05, 4.69) is 38.4 Å². The third-order valence-electron chi connectivity index (χ3n) is 4.71. The highest BCUT2D eigenvalue weighted by Gasteiger charge is 2.12. The molecule has 0 aliphatic carbocycles. The summed E-state index contributed by atoms with van der Waals surface area (Å²) in [5.41, 5.74) is 2.04. The van der Waals surface area contributed by atoms with Crippen LogP contribution in [0.25, 0.3) is 0 Å². The second kappa shape index (κ2) is 10.5. The Hall–Kier alpha value is -3.30. The van der Waals surface area contributed by atoms with E-state index in [-0.39, 0.29) is 25.1 Å². The standard InChI is InChI=1S/C23H21BrClN5O3/c1-2-16-3-6-19(7-4-16)32-15-30-13-18(12-26-30)27-23(31)21-9-10-29(28-21)14-33-22-8-5-17(24)11-20(22)25/h3-13H,2,14-15H2,1H3,(H,27,31). The van der Waals surface area contributed by atoms with Gasteiger partial charge < -0.3 is 14.8 Å². The van der Waals surface area contributed by atoms with Gasteiger partial charge in [-0.2, -0.15) is 10.2 Å². The molecule has 2 aromatic heterocycles. The third kappa shape index (κ3) is 6.15. The number of nitrogens with one attached hydrogen (secondary N) is 1. The first-order chi connectivity index (χ1) is 16.0. The molecule has 10 heteroatoms. The lowest BCUT2D eigenvalue weighted by atomic mass is 10.2. The lowest BCUT2D eigenvalue weighted by Crippen LogP contribution is -2.14. The summed E-state index contributed by atoms with van der Waals surface area (Å²) < 4.78 is 15.3. The number of amides is 1. The van der Waals surface area contributed by atoms with Crippen molar-refractivity contribution in [2.24, 2.45) is 0 Å². The summed E-state index contributed by atoms with van der Waals surface area (Å²) in [5, 5.41) is 11.7. The molecule has 0 saturated heterocycles. The highest BCUT2D eigenvalue weighted by Crippen LogP contribution is 2.27. The predicted octanol–water partition coefficient (Wildman–Crippen LogP) is 5.38. The average molecular weight is 531 g/mol. The van der Waals surface area contributed by atoms with Gasteiger partial charge in [0.15, 0.2) is 19.2 Å². The van der Waals surface area contributed by atoms with Crippen LogP contribution >= 0.6 is 27.5 Å². The first-order valence-electron chi connectivity index (χ1n) is 10.2. The Morgan fingerprint density at radius 1 is 1.09 bits per heavy atom. The number of carbonyl (C=O) groups is 1. The second-order valence-corrected chi connectivity index (χ2v) is 8.41. The average Bonchev–Trinajstić information content (AvgIpc) is 3.47. The molecule has 0 fully saturated rings. The Balaban J connectivity index is 1.28. The van der Waals surface area contributed by atoms with E-state index in [0.29, 0.717) is 16.5 Å². The SMILES string of the molecule is CCc1ccc(OCn2cc(NC(=O)c3ccn(COc4ccc(Br)cc4Cl)n3)cn2)cc1. The molecule has 0 spiro atoms. The molecule has 1 amide bonds. The number of aryl methyl sites for hydroxylation is 1. The maximum absolute atomic E-state index is 12.5. The Morgan fingerprint density at radius 2 is 1.88 bits per heavy atom. The molecule has 33 heavy (non-hydrogen) atoms. The number of anilines is 1. The summed E-state index contributed by atoms with van der Waals surface area (Å²) in [6.45, 7) is 2.45. The zero-order chi connectivity index (χ0) is 23.2. The van der Waals surface area contributed by atoms with Gasteiger partial charge in [0, 0.05) is 10.7 Å². The van der Waals surface area contributed by atoms with Gasteiger partial charge >= 0.3 is 0 Å². The van der Waals surface area contributed by atoms with Crippen LogP contribution in [0.3, 0.4) is 0 Å². The molecular weight excluding hydrogens is 510 g/mol. The molecule has 2 aromatic carbocycles. The lowest BCUT2D eigenvalue weighted by molar-refractivity contribution is 0.102. The predicted molar refractivity (Wildman–Crippen MR) is 129 cm³/mol. The fourth-order valence-electron chi connectivity index (χ4n) is 2.94. The first-order valence-corrected chi connectivity index (χ1v) is 11.3. The maximum Gasteiger partial charge on any atom is 0.276 e. The van der Waals surface area contributed by atoms with Gasteiger partial charge in [0.2, 0.25) is 0 Å². The van der Waals surface area contributed by atoms with Crippen LogP contribution in [0.4, 0.5) is 5.69 Å². The Morgan fingerprint density at radius 3 is 2.64 bits per heavy atom. The van der Waals surface area contributed by atoms with E-state index in [0.717, 1.165) is 16.6 Å². The number of carbonyl (C=O) groups excluding carboxylic acids is 1. The number of aromatic nitrogens is 4. The molecule has 0 aliphatic heterocycles. The van der Waals surface area contributed by atoms with Crippen LogP contribution in [0, 0.1) is 0 Å². The number of ether oxygens (including phenoxy) is 2. The first kappa shape index (κ1) is 22.9. The molecule has 2 heterocycles. The third-order valence-corrected chi connectivity index (χ3v) is 5.49. The quantitative estimate of drug-likeness (QED) is 0.314. The number of hydrogen-bond acceptors (Lipinski definition) is 5. The molecular formula is C23H21BrClN5O3. The molecule has 1 N–H and O–H groups in total. The molecule has 0 radical (unpaired) electrons. The number of benzene rings is 2. The van der Waals surface area contributed by atoms with Gasteiger partial charge in [0.1, 0.15) is 11.5 Å². The van der Waals surface area contributed by atoms with Crippen molar-refractivity contribution >= 4 is 39.1 Å². The van der Waals surface area contributed by atoms with Crippen molar-refractivity contribution in [2.45, 2.75) is 26.8 Å². The van der Waals surface area contributed by atoms with Crippen molar-refractivity contribution in [1.29, 1.82) is 0 Å². The van der Waals surface area contributed by atoms with Crippen molar-refractivity contribution in [3.05, 3.63) is 87.9 Å². The smallest absolute Gasteiger partial charge is 0.276 e. The summed E-state index contributed by atoms with van der Waals surface area (Å²) in [6, 6.07) is 14.8. The van der Waals surface area contributed by atoms with Crippen molar-refractivity contribution in [3.8, 4) is 11.5 Å². The minimum Gasteiger partial charge on any atom is -0.471 e. The molecule has 0 atom stereocenters. The molecule has 0 bridgehead atoms. The number of halogens is 2. The van der Waals surface area contributed by atoms with Gasteiger partial charge in [0.05, 0.1) is 23.1 Å². The van der Waals surface area contributed by atoms with E-state index in [4.69, 9.17) is 21.1 Å². The monoisotopic (exact) mass is 529 g/mol. The normalized spacial score (nSPS) is 10.8. The van der Waals surface area contributed by atoms with Crippen molar-refractivity contribution in [3.63, 3.8) is 0 Å². The summed E-state index contributed by atoms with van der Waals surface area (Å²) >= 11 is 9.50. The van der Waals surface area contributed by atoms with E-state index in [1.807, 2.05) is 30.3 Å². The Kier molecular flexibility index (Phi) is 7.31. The molecule has 4 rings (SSSR count). The fraction of sp³-hybridized carbons (Fsp3) is 0.174. The van der Waals surface area contributed by atoms with E-state index in [9.17, 15) is 4.79 Å². The number of nitrogens with zero attached hydrogens (tertiary/aromatic N) is 4. The molecule has 8 nitrogen and oxygen atoms in total. The molecule has 0 aliphatic rings. The van der Waals surface area contributed by atoms with Crippen LogP contribution in [0.1, 0.15) is 23.0 Å². The van der Waals surface area contributed by atoms with Gasteiger partial charge in [-0.1, -0.05) is 46.6 Å². The summed E-state index contributed by atoms with van der Waals surface area (Å²) in [6.07, 6.45) is 5.88. The highest BCUT2D eigenvalue weighted by atomic mass is 79.9. The van der Waals surface area contributed by atoms with Crippen molar-refractivity contribution < 1.29 is 14.3 Å². The van der Waals surface area contributed by atoms with Gasteiger partial charge in [-0.15, -0.1) is 0 Å². The zero-order valence-electron chi connectivity index (χ0n) is 17.7. The maximum atomic E-state index is 12.5. The minimum absolute atomic E-state index is 0.114. The Bertz CT molecular complexity index is 1240. The number of rotatable bonds is 9. The summed E-state index contributed by atoms with van der Waals surface area (Å²) in [4.78, 5) is 12.5. The summed E-state index contributed by atoms with van der Waals surface area (Å²) in [7, 11) is 0. The van der Waals surface area contributed by atoms with Crippen LogP contribution in [-0.4, -0.2) is 25.5 Å². The van der Waals surface area contributed by atoms with Crippen LogP contribution in [-0.2, 0) is 19.9 Å². The van der Waals surface area contributed by atoms with Crippen molar-refractivity contribution in [1.82, 2.24) is 19.6 Å². The largest absolute Gasteiger partial charge is 0.471 e. The number of hydrogen-bond donors (Lipinski definition) is 1. The molecule has 0 unspecified atom stereocenters. The van der Waals surface area contributed by atoms with E-state index in [1.54, 1.807) is 41.5 Å². The molecule has 4 aromatic rings. The van der Waals surface area contributed by atoms with Crippen LogP contribution < -0.4 is 14.8 Å². The van der Waals surface area contributed by atoms with Crippen LogP contribution in [0.15, 0.2) is 71.6 Å². The highest BCUT2D eigenvalue weighted by molar-refractivity contribution is 9.10. The van der Waals surface area contributed by atoms with Gasteiger partial charge in [-0.05, 0) is 48.4 Å². The summed E-state index contributed by atoms with van der Waals surface area (Å²) in [5.74, 6) is 0.925. The minimum atomic E-state index is -0.356. The molecule has 0 saturated carbocycles. The van der Waals surface area contributed by atoms with Gasteiger partial charge in [-0.3, -0.25) is 4.79 Å². The topological polar surface area (TPSA) is 83.2 Å². The van der Waals surface area contributed by atoms with Gasteiger partial charge in [-0.25, -0.2) is 9.36 Å². The molecule has 170 valence electrons. The Labute approximate surface area is 204 Å². The van der Waals surface area contributed by atoms with E-state index >= 15 is 0 Å². The van der Waals surface area contributed by atoms with Crippen molar-refractivity contribution in [2.75, 3.05) is 5.32 Å². The van der Waals surface area contributed by atoms with Gasteiger partial charge in [0.25, 0.3) is 5.91 Å². The zero-order valence-corrected chi connectivity index (χ0v) is 20.1.